The van der Waals surface area contributed by atoms with Gasteiger partial charge in [0.05, 0.1) is 23.4 Å². The monoisotopic (exact) mass is 702 g/mol. The Kier molecular flexibility index (Phi) is 11.1. The molecule has 1 aromatic heterocycles. The van der Waals surface area contributed by atoms with E-state index in [0.29, 0.717) is 38.5 Å². The average Bonchev–Trinajstić information content (AvgIpc) is 3.43. The van der Waals surface area contributed by atoms with Gasteiger partial charge in [0.25, 0.3) is 0 Å². The van der Waals surface area contributed by atoms with Gasteiger partial charge in [-0.1, -0.05) is 30.5 Å². The minimum absolute atomic E-state index is 0.00525. The Balaban J connectivity index is 1.40. The molecule has 2 N–H and O–H groups in total. The molecule has 3 aliphatic rings. The highest BCUT2D eigenvalue weighted by Gasteiger charge is 2.41. The summed E-state index contributed by atoms with van der Waals surface area (Å²) in [6, 6.07) is 3.04. The maximum Gasteiger partial charge on any atom is 0.417 e. The molecule has 258 valence electrons. The number of Topliss-reactive ketones (excluding diaryl/α,β-unsaturated/α-hetero) is 1. The first-order valence-electron chi connectivity index (χ1n) is 15.8. The number of ether oxygens (including phenoxy) is 1. The van der Waals surface area contributed by atoms with E-state index in [9.17, 15) is 35.6 Å². The van der Waals surface area contributed by atoms with Crippen molar-refractivity contribution in [1.29, 1.82) is 0 Å². The van der Waals surface area contributed by atoms with Crippen LogP contribution >= 0.6 is 11.6 Å². The van der Waals surface area contributed by atoms with Crippen LogP contribution in [0.3, 0.4) is 0 Å². The summed E-state index contributed by atoms with van der Waals surface area (Å²) in [7, 11) is -2.25. The lowest BCUT2D eigenvalue weighted by molar-refractivity contribution is -0.137. The summed E-state index contributed by atoms with van der Waals surface area (Å²) in [5.41, 5.74) is -1.00. The first-order chi connectivity index (χ1) is 22.3. The maximum atomic E-state index is 14.7. The predicted molar refractivity (Wildman–Crippen MR) is 167 cm³/mol. The molecule has 1 unspecified atom stereocenters. The smallest absolute Gasteiger partial charge is 0.417 e. The van der Waals surface area contributed by atoms with Gasteiger partial charge < -0.3 is 15.4 Å². The highest BCUT2D eigenvalue weighted by molar-refractivity contribution is 7.89. The number of methoxy groups -OCH3 is 1. The Bertz CT molecular complexity index is 1560. The number of fused-ring (bicyclic) bond motifs is 2. The topological polar surface area (TPSA) is 118 Å². The van der Waals surface area contributed by atoms with Crippen molar-refractivity contribution in [2.75, 3.05) is 26.0 Å². The molecular weight excluding hydrogens is 664 g/mol. The van der Waals surface area contributed by atoms with E-state index in [2.05, 4.69) is 15.6 Å². The molecule has 3 fully saturated rings. The number of amides is 1. The Morgan fingerprint density at radius 3 is 2.60 bits per heavy atom. The van der Waals surface area contributed by atoms with E-state index in [4.69, 9.17) is 16.3 Å². The minimum atomic E-state index is -4.74. The molecule has 1 amide bonds. The number of sulfonamides is 1. The van der Waals surface area contributed by atoms with E-state index in [1.54, 1.807) is 4.31 Å². The van der Waals surface area contributed by atoms with Gasteiger partial charge >= 0.3 is 12.3 Å². The van der Waals surface area contributed by atoms with Crippen LogP contribution in [-0.2, 0) is 25.7 Å². The number of nitrogens with one attached hydrogen (secondary N) is 2. The summed E-state index contributed by atoms with van der Waals surface area (Å²) >= 11 is 5.90. The number of piperazine rings is 1. The molecule has 1 aromatic carbocycles. The molecule has 1 saturated carbocycles. The van der Waals surface area contributed by atoms with Gasteiger partial charge in [0.1, 0.15) is 11.9 Å². The van der Waals surface area contributed by atoms with Gasteiger partial charge in [0, 0.05) is 49.9 Å². The number of rotatable bonds is 10. The molecule has 7 atom stereocenters. The number of alkyl halides is 3. The standard InChI is InChI=1S/C32H39ClF4N4O5S/c1-46-31(43)40-30(29(21-8-10-26(33)27(34)13-21)22-12-23(16-38-15-22)32(35,36)37)28(42)14-20-5-2-4-19(20)7-9-25-17-39-24-6-3-11-47(44,45)41(25)18-24/h8,10,12-13,15-16,19-20,24-25,29-30,39H,2-7,9,11,14,17-18H2,1H3,(H,40,43)/t19-,20-,24-,25+,29+,30-/m1/s1. The van der Waals surface area contributed by atoms with Gasteiger partial charge in [-0.15, -0.1) is 0 Å². The molecule has 9 nitrogen and oxygen atoms in total. The van der Waals surface area contributed by atoms with Crippen molar-refractivity contribution in [3.63, 3.8) is 0 Å². The molecule has 0 spiro atoms. The van der Waals surface area contributed by atoms with E-state index in [0.717, 1.165) is 51.1 Å². The van der Waals surface area contributed by atoms with Crippen molar-refractivity contribution in [3.05, 3.63) is 64.2 Å². The lowest BCUT2D eigenvalue weighted by Gasteiger charge is -2.38. The average molecular weight is 703 g/mol. The fourth-order valence-electron chi connectivity index (χ4n) is 7.40. The lowest BCUT2D eigenvalue weighted by atomic mass is 9.79. The first kappa shape index (κ1) is 35.5. The number of nitrogens with zero attached hydrogens (tertiary/aromatic N) is 2. The number of pyridine rings is 1. The number of hydrogen-bond acceptors (Lipinski definition) is 7. The molecule has 2 aromatic rings. The molecule has 0 radical (unpaired) electrons. The Morgan fingerprint density at radius 2 is 1.87 bits per heavy atom. The fourth-order valence-corrected chi connectivity index (χ4v) is 9.33. The lowest BCUT2D eigenvalue weighted by Crippen LogP contribution is -2.57. The zero-order valence-electron chi connectivity index (χ0n) is 25.9. The molecule has 2 aliphatic heterocycles. The van der Waals surface area contributed by atoms with Crippen LogP contribution in [0.4, 0.5) is 22.4 Å². The fraction of sp³-hybridized carbons (Fsp3) is 0.594. The van der Waals surface area contributed by atoms with Gasteiger partial charge in [0.2, 0.25) is 10.0 Å². The second-order valence-electron chi connectivity index (χ2n) is 12.8. The number of carbonyl (C=O) groups is 2. The second kappa shape index (κ2) is 14.8. The van der Waals surface area contributed by atoms with Crippen LogP contribution in [0.25, 0.3) is 0 Å². The number of carbonyl (C=O) groups excluding carboxylic acids is 2. The summed E-state index contributed by atoms with van der Waals surface area (Å²) in [5, 5.41) is 5.77. The molecular formula is C32H39ClF4N4O5S. The highest BCUT2D eigenvalue weighted by atomic mass is 35.5. The third-order valence-corrected chi connectivity index (χ3v) is 12.1. The number of alkyl carbamates (subject to hydrolysis) is 1. The Hall–Kier alpha value is -2.81. The molecule has 3 heterocycles. The van der Waals surface area contributed by atoms with E-state index in [-0.39, 0.29) is 52.2 Å². The SMILES string of the molecule is COC(=O)N[C@H](C(=O)C[C@H]1CCC[C@@H]1CC[C@H]1CN[C@@H]2CCCS(=O)(=O)N1C2)[C@H](c1cncc(C(F)(F)F)c1)c1ccc(Cl)c(F)c1. The second-order valence-corrected chi connectivity index (χ2v) is 15.2. The number of benzene rings is 1. The first-order valence-corrected chi connectivity index (χ1v) is 17.8. The van der Waals surface area contributed by atoms with Crippen LogP contribution in [0.5, 0.6) is 0 Å². The largest absolute Gasteiger partial charge is 0.453 e. The normalized spacial score (nSPS) is 27.0. The van der Waals surface area contributed by atoms with Crippen molar-refractivity contribution in [2.45, 2.75) is 81.6 Å². The Labute approximate surface area is 276 Å². The summed E-state index contributed by atoms with van der Waals surface area (Å²) in [4.78, 5) is 30.5. The van der Waals surface area contributed by atoms with Crippen molar-refractivity contribution >= 4 is 33.5 Å². The van der Waals surface area contributed by atoms with Crippen LogP contribution in [0.2, 0.25) is 5.02 Å². The van der Waals surface area contributed by atoms with Crippen LogP contribution in [0.1, 0.15) is 74.0 Å². The summed E-state index contributed by atoms with van der Waals surface area (Å²) in [5.74, 6) is -2.41. The number of halogens is 5. The van der Waals surface area contributed by atoms with Gasteiger partial charge in [-0.2, -0.15) is 17.5 Å². The predicted octanol–water partition coefficient (Wildman–Crippen LogP) is 5.67. The van der Waals surface area contributed by atoms with Crippen molar-refractivity contribution < 1.29 is 40.3 Å². The third-order valence-electron chi connectivity index (χ3n) is 9.80. The Morgan fingerprint density at radius 1 is 1.11 bits per heavy atom. The molecule has 47 heavy (non-hydrogen) atoms. The summed E-state index contributed by atoms with van der Waals surface area (Å²) in [6.07, 6.45) is 1.26. The van der Waals surface area contributed by atoms with Gasteiger partial charge in [-0.3, -0.25) is 9.78 Å². The molecule has 2 bridgehead atoms. The maximum absolute atomic E-state index is 14.7. The number of ketones is 1. The van der Waals surface area contributed by atoms with Crippen molar-refractivity contribution in [2.24, 2.45) is 11.8 Å². The van der Waals surface area contributed by atoms with Crippen LogP contribution in [-0.4, -0.2) is 73.7 Å². The summed E-state index contributed by atoms with van der Waals surface area (Å²) in [6.45, 7) is 1.02. The number of aromatic nitrogens is 1. The zero-order chi connectivity index (χ0) is 33.9. The highest BCUT2D eigenvalue weighted by Crippen LogP contribution is 2.41. The van der Waals surface area contributed by atoms with E-state index in [1.165, 1.54) is 12.1 Å². The van der Waals surface area contributed by atoms with E-state index in [1.807, 2.05) is 0 Å². The molecule has 1 aliphatic carbocycles. The van der Waals surface area contributed by atoms with Crippen molar-refractivity contribution in [3.8, 4) is 0 Å². The van der Waals surface area contributed by atoms with Crippen molar-refractivity contribution in [1.82, 2.24) is 19.9 Å². The van der Waals surface area contributed by atoms with Gasteiger partial charge in [-0.25, -0.2) is 17.6 Å². The quantitative estimate of drug-likeness (QED) is 0.307. The number of hydrogen-bond donors (Lipinski definition) is 2. The van der Waals surface area contributed by atoms with E-state index < -0.39 is 51.4 Å². The minimum Gasteiger partial charge on any atom is -0.453 e. The van der Waals surface area contributed by atoms with Crippen LogP contribution < -0.4 is 10.6 Å². The van der Waals surface area contributed by atoms with Crippen LogP contribution in [0, 0.1) is 17.7 Å². The van der Waals surface area contributed by atoms with Crippen LogP contribution in [0.15, 0.2) is 36.7 Å². The summed E-state index contributed by atoms with van der Waals surface area (Å²) < 4.78 is 88.2. The molecule has 2 saturated heterocycles. The van der Waals surface area contributed by atoms with E-state index >= 15 is 0 Å². The van der Waals surface area contributed by atoms with Gasteiger partial charge in [-0.05, 0) is 73.3 Å². The third kappa shape index (κ3) is 8.44. The zero-order valence-corrected chi connectivity index (χ0v) is 27.5. The van der Waals surface area contributed by atoms with Gasteiger partial charge in [0.15, 0.2) is 5.78 Å². The molecule has 5 rings (SSSR count). The molecule has 15 heteroatoms.